The Balaban J connectivity index is 1.76. The van der Waals surface area contributed by atoms with E-state index in [1.54, 1.807) is 12.1 Å². The van der Waals surface area contributed by atoms with Gasteiger partial charge in [-0.3, -0.25) is 0 Å². The number of halogens is 3. The van der Waals surface area contributed by atoms with Gasteiger partial charge >= 0.3 is 6.18 Å². The van der Waals surface area contributed by atoms with Gasteiger partial charge in [0.05, 0.1) is 16.8 Å². The van der Waals surface area contributed by atoms with E-state index < -0.39 is 11.7 Å². The summed E-state index contributed by atoms with van der Waals surface area (Å²) in [6.07, 6.45) is -1.48. The summed E-state index contributed by atoms with van der Waals surface area (Å²) in [5, 5.41) is 9.31. The molecule has 0 bridgehead atoms. The summed E-state index contributed by atoms with van der Waals surface area (Å²) in [7, 11) is 1.97. The normalized spacial score (nSPS) is 15.5. The smallest absolute Gasteiger partial charge is 0.370 e. The van der Waals surface area contributed by atoms with Crippen molar-refractivity contribution in [3.63, 3.8) is 0 Å². The van der Waals surface area contributed by atoms with E-state index >= 15 is 0 Å². The number of aryl methyl sites for hydroxylation is 1. The molecule has 0 amide bonds. The lowest BCUT2D eigenvalue weighted by Gasteiger charge is -2.38. The van der Waals surface area contributed by atoms with E-state index in [1.165, 1.54) is 12.4 Å². The van der Waals surface area contributed by atoms with E-state index in [2.05, 4.69) is 14.9 Å². The molecule has 0 aliphatic carbocycles. The van der Waals surface area contributed by atoms with Gasteiger partial charge in [-0.15, -0.1) is 0 Å². The zero-order valence-electron chi connectivity index (χ0n) is 15.2. The van der Waals surface area contributed by atoms with Gasteiger partial charge in [-0.2, -0.15) is 18.4 Å². The highest BCUT2D eigenvalue weighted by molar-refractivity contribution is 5.63. The van der Waals surface area contributed by atoms with Gasteiger partial charge in [0.15, 0.2) is 0 Å². The van der Waals surface area contributed by atoms with Crippen LogP contribution in [0.15, 0.2) is 30.6 Å². The van der Waals surface area contributed by atoms with Crippen LogP contribution < -0.4 is 9.80 Å². The lowest BCUT2D eigenvalue weighted by molar-refractivity contribution is -0.137. The molecule has 1 aromatic carbocycles. The summed E-state index contributed by atoms with van der Waals surface area (Å²) < 4.78 is 39.5. The second-order valence-electron chi connectivity index (χ2n) is 6.66. The van der Waals surface area contributed by atoms with Crippen molar-refractivity contribution in [2.45, 2.75) is 32.0 Å². The summed E-state index contributed by atoms with van der Waals surface area (Å²) >= 11 is 0. The largest absolute Gasteiger partial charge is 0.417 e. The fourth-order valence-electron chi connectivity index (χ4n) is 3.47. The number of nitriles is 1. The third-order valence-corrected chi connectivity index (χ3v) is 4.96. The van der Waals surface area contributed by atoms with E-state index in [4.69, 9.17) is 0 Å². The molecule has 0 radical (unpaired) electrons. The second-order valence-corrected chi connectivity index (χ2v) is 6.66. The average molecular weight is 375 g/mol. The molecule has 0 saturated carbocycles. The fourth-order valence-corrected chi connectivity index (χ4v) is 3.47. The zero-order chi connectivity index (χ0) is 19.6. The first kappa shape index (κ1) is 19.0. The lowest BCUT2D eigenvalue weighted by atomic mass is 9.99. The maximum atomic E-state index is 13.2. The van der Waals surface area contributed by atoms with Gasteiger partial charge in [-0.1, -0.05) is 6.07 Å². The molecule has 2 aromatic rings. The van der Waals surface area contributed by atoms with Gasteiger partial charge in [0.1, 0.15) is 18.2 Å². The van der Waals surface area contributed by atoms with Crippen LogP contribution in [0.4, 0.5) is 24.7 Å². The number of nitrogens with zero attached hydrogens (tertiary/aromatic N) is 5. The Morgan fingerprint density at radius 3 is 2.52 bits per heavy atom. The molecule has 3 rings (SSSR count). The SMILES string of the molecule is Cc1cc(N(C)C2CCN(c3cccc(C(F)(F)F)c3C#N)CC2)ncn1. The Bertz CT molecular complexity index is 851. The van der Waals surface area contributed by atoms with Crippen LogP contribution in [-0.4, -0.2) is 36.1 Å². The Kier molecular flexibility index (Phi) is 5.22. The van der Waals surface area contributed by atoms with Crippen LogP contribution in [0.3, 0.4) is 0 Å². The third-order valence-electron chi connectivity index (χ3n) is 4.96. The van der Waals surface area contributed by atoms with Gasteiger partial charge < -0.3 is 9.80 Å². The molecule has 0 N–H and O–H groups in total. The molecule has 1 fully saturated rings. The van der Waals surface area contributed by atoms with Crippen molar-refractivity contribution in [2.75, 3.05) is 29.9 Å². The van der Waals surface area contributed by atoms with Gasteiger partial charge in [-0.05, 0) is 31.9 Å². The zero-order valence-corrected chi connectivity index (χ0v) is 15.2. The monoisotopic (exact) mass is 375 g/mol. The molecule has 0 spiro atoms. The highest BCUT2D eigenvalue weighted by Crippen LogP contribution is 2.36. The van der Waals surface area contributed by atoms with Crippen LogP contribution >= 0.6 is 0 Å². The molecule has 142 valence electrons. The maximum Gasteiger partial charge on any atom is 0.417 e. The highest BCUT2D eigenvalue weighted by Gasteiger charge is 2.35. The molecular weight excluding hydrogens is 355 g/mol. The Morgan fingerprint density at radius 2 is 1.93 bits per heavy atom. The van der Waals surface area contributed by atoms with E-state index in [0.29, 0.717) is 18.8 Å². The van der Waals surface area contributed by atoms with Crippen LogP contribution in [0.5, 0.6) is 0 Å². The third kappa shape index (κ3) is 3.97. The molecule has 0 atom stereocenters. The van der Waals surface area contributed by atoms with Gasteiger partial charge in [0.2, 0.25) is 0 Å². The van der Waals surface area contributed by atoms with Gasteiger partial charge in [0, 0.05) is 37.9 Å². The minimum absolute atomic E-state index is 0.229. The predicted octanol–water partition coefficient (Wildman–Crippen LogP) is 3.78. The fraction of sp³-hybridized carbons (Fsp3) is 0.421. The minimum atomic E-state index is -4.54. The standard InChI is InChI=1S/C19H20F3N5/c1-13-10-18(25-12-24-13)26(2)14-6-8-27(9-7-14)17-5-3-4-16(15(17)11-23)19(20,21)22/h3-5,10,12,14H,6-9H2,1-2H3. The van der Waals surface area contributed by atoms with Crippen LogP contribution in [-0.2, 0) is 6.18 Å². The van der Waals surface area contributed by atoms with Gasteiger partial charge in [0.25, 0.3) is 0 Å². The van der Waals surface area contributed by atoms with E-state index in [0.717, 1.165) is 30.4 Å². The van der Waals surface area contributed by atoms with Crippen LogP contribution in [0.25, 0.3) is 0 Å². The summed E-state index contributed by atoms with van der Waals surface area (Å²) in [5.74, 6) is 0.831. The second kappa shape index (κ2) is 7.43. The number of aromatic nitrogens is 2. The Labute approximate surface area is 156 Å². The van der Waals surface area contributed by atoms with Crippen LogP contribution in [0, 0.1) is 18.3 Å². The molecule has 1 saturated heterocycles. The molecule has 1 aliphatic heterocycles. The van der Waals surface area contributed by atoms with E-state index in [1.807, 2.05) is 24.9 Å². The number of piperidine rings is 1. The number of hydrogen-bond donors (Lipinski definition) is 0. The number of alkyl halides is 3. The number of benzene rings is 1. The number of hydrogen-bond acceptors (Lipinski definition) is 5. The van der Waals surface area contributed by atoms with E-state index in [9.17, 15) is 18.4 Å². The summed E-state index contributed by atoms with van der Waals surface area (Å²) in [4.78, 5) is 12.3. The van der Waals surface area contributed by atoms with E-state index in [-0.39, 0.29) is 11.6 Å². The highest BCUT2D eigenvalue weighted by atomic mass is 19.4. The van der Waals surface area contributed by atoms with Crippen molar-refractivity contribution in [3.8, 4) is 6.07 Å². The quantitative estimate of drug-likeness (QED) is 0.817. The maximum absolute atomic E-state index is 13.2. The van der Waals surface area contributed by atoms with Crippen molar-refractivity contribution in [2.24, 2.45) is 0 Å². The number of anilines is 2. The molecule has 1 aliphatic rings. The van der Waals surface area contributed by atoms with Crippen LogP contribution in [0.1, 0.15) is 29.7 Å². The van der Waals surface area contributed by atoms with Crippen molar-refractivity contribution in [1.29, 1.82) is 5.26 Å². The van der Waals surface area contributed by atoms with Crippen molar-refractivity contribution >= 4 is 11.5 Å². The Hall–Kier alpha value is -2.82. The first-order valence-corrected chi connectivity index (χ1v) is 8.68. The first-order chi connectivity index (χ1) is 12.8. The molecule has 2 heterocycles. The summed E-state index contributed by atoms with van der Waals surface area (Å²) in [6, 6.07) is 7.79. The first-order valence-electron chi connectivity index (χ1n) is 8.68. The molecular formula is C19H20F3N5. The lowest BCUT2D eigenvalue weighted by Crippen LogP contribution is -2.44. The summed E-state index contributed by atoms with van der Waals surface area (Å²) in [5.41, 5.74) is 0.0552. The average Bonchev–Trinajstić information content (AvgIpc) is 2.66. The topological polar surface area (TPSA) is 56.0 Å². The van der Waals surface area contributed by atoms with Crippen molar-refractivity contribution < 1.29 is 13.2 Å². The molecule has 8 heteroatoms. The summed E-state index contributed by atoms with van der Waals surface area (Å²) in [6.45, 7) is 3.06. The minimum Gasteiger partial charge on any atom is -0.370 e. The number of rotatable bonds is 3. The molecule has 27 heavy (non-hydrogen) atoms. The Morgan fingerprint density at radius 1 is 1.22 bits per heavy atom. The molecule has 0 unspecified atom stereocenters. The molecule has 5 nitrogen and oxygen atoms in total. The van der Waals surface area contributed by atoms with Gasteiger partial charge in [-0.25, -0.2) is 9.97 Å². The molecule has 1 aromatic heterocycles. The van der Waals surface area contributed by atoms with Crippen molar-refractivity contribution in [1.82, 2.24) is 9.97 Å². The van der Waals surface area contributed by atoms with Crippen molar-refractivity contribution in [3.05, 3.63) is 47.4 Å². The van der Waals surface area contributed by atoms with Crippen LogP contribution in [0.2, 0.25) is 0 Å². The predicted molar refractivity (Wildman–Crippen MR) is 96.6 cm³/mol.